The maximum atomic E-state index is 13.7. The van der Waals surface area contributed by atoms with Crippen molar-refractivity contribution in [2.24, 2.45) is 0 Å². The number of anilines is 1. The Kier molecular flexibility index (Phi) is 7.05. The fourth-order valence-corrected chi connectivity index (χ4v) is 4.89. The van der Waals surface area contributed by atoms with Gasteiger partial charge in [-0.25, -0.2) is 4.79 Å². The van der Waals surface area contributed by atoms with Crippen molar-refractivity contribution in [1.29, 1.82) is 10.7 Å². The Bertz CT molecular complexity index is 1330. The molecule has 0 spiro atoms. The van der Waals surface area contributed by atoms with Gasteiger partial charge in [0.25, 0.3) is 5.91 Å². The predicted molar refractivity (Wildman–Crippen MR) is 131 cm³/mol. The molecule has 3 N–H and O–H groups in total. The van der Waals surface area contributed by atoms with Crippen LogP contribution in [0.1, 0.15) is 40.6 Å². The van der Waals surface area contributed by atoms with E-state index in [2.05, 4.69) is 16.7 Å². The fourth-order valence-electron chi connectivity index (χ4n) is 4.89. The first-order valence-corrected chi connectivity index (χ1v) is 11.6. The van der Waals surface area contributed by atoms with Gasteiger partial charge in [0.15, 0.2) is 0 Å². The molecule has 0 bridgehead atoms. The number of benzene rings is 2. The number of carbonyl (C=O) groups excluding carboxylic acids is 2. The van der Waals surface area contributed by atoms with Gasteiger partial charge in [-0.15, -0.1) is 0 Å². The van der Waals surface area contributed by atoms with Crippen LogP contribution < -0.4 is 15.5 Å². The van der Waals surface area contributed by atoms with Crippen molar-refractivity contribution in [2.75, 3.05) is 32.1 Å². The van der Waals surface area contributed by atoms with E-state index in [1.54, 1.807) is 25.2 Å². The average Bonchev–Trinajstić information content (AvgIpc) is 2.88. The number of likely N-dealkylation sites (N-methyl/N-ethyl adjacent to an activating group) is 2. The first-order chi connectivity index (χ1) is 17.6. The predicted octanol–water partition coefficient (Wildman–Crippen LogP) is 3.92. The number of amides is 3. The molecule has 2 atom stereocenters. The number of nitriles is 1. The summed E-state index contributed by atoms with van der Waals surface area (Å²) in [6.45, 7) is 0.601. The van der Waals surface area contributed by atoms with Gasteiger partial charge in [-0.05, 0) is 48.5 Å². The summed E-state index contributed by atoms with van der Waals surface area (Å²) in [6, 6.07) is 9.97. The molecular weight excluding hydrogens is 485 g/mol. The zero-order valence-electron chi connectivity index (χ0n) is 20.2. The molecule has 2 aliphatic heterocycles. The number of carbonyl (C=O) groups is 2. The molecule has 2 aromatic rings. The van der Waals surface area contributed by atoms with Crippen LogP contribution in [-0.4, -0.2) is 50.2 Å². The van der Waals surface area contributed by atoms with Gasteiger partial charge in [-0.1, -0.05) is 12.1 Å². The van der Waals surface area contributed by atoms with E-state index >= 15 is 0 Å². The minimum absolute atomic E-state index is 0.0138. The summed E-state index contributed by atoms with van der Waals surface area (Å²) in [5, 5.41) is 23.2. The van der Waals surface area contributed by atoms with Gasteiger partial charge in [0.2, 0.25) is 0 Å². The molecule has 2 heterocycles. The van der Waals surface area contributed by atoms with Crippen LogP contribution in [0.5, 0.6) is 0 Å². The Balaban J connectivity index is 1.94. The number of nitrogens with one attached hydrogen (secondary N) is 3. The van der Waals surface area contributed by atoms with Crippen molar-refractivity contribution in [3.05, 3.63) is 76.0 Å². The quantitative estimate of drug-likeness (QED) is 0.512. The number of rotatable bonds is 6. The van der Waals surface area contributed by atoms with Crippen molar-refractivity contribution < 1.29 is 22.8 Å². The molecule has 192 valence electrons. The lowest BCUT2D eigenvalue weighted by Gasteiger charge is -2.44. The van der Waals surface area contributed by atoms with E-state index in [0.29, 0.717) is 28.9 Å². The third-order valence-corrected chi connectivity index (χ3v) is 6.59. The maximum Gasteiger partial charge on any atom is 0.416 e. The molecule has 2 aromatic carbocycles. The van der Waals surface area contributed by atoms with Crippen LogP contribution in [0.25, 0.3) is 0 Å². The molecule has 8 nitrogen and oxygen atoms in total. The SMILES string of the molecule is CNCC(C=N)c1cc(C#N)ccc1[C@@H]1C2=C(CCNC2=O)N(c2cccc(C(F)(F)F)c2)C(=O)N1C. The Labute approximate surface area is 211 Å². The van der Waals surface area contributed by atoms with E-state index in [1.165, 1.54) is 35.2 Å². The Morgan fingerprint density at radius 1 is 1.27 bits per heavy atom. The second-order valence-corrected chi connectivity index (χ2v) is 8.83. The number of alkyl halides is 3. The molecule has 11 heteroatoms. The van der Waals surface area contributed by atoms with Crippen LogP contribution in [0.3, 0.4) is 0 Å². The first-order valence-electron chi connectivity index (χ1n) is 11.6. The van der Waals surface area contributed by atoms with Crippen molar-refractivity contribution >= 4 is 23.8 Å². The number of halogens is 3. The number of urea groups is 1. The summed E-state index contributed by atoms with van der Waals surface area (Å²) < 4.78 is 40.3. The number of hydrogen-bond acceptors (Lipinski definition) is 5. The number of nitrogens with zero attached hydrogens (tertiary/aromatic N) is 3. The van der Waals surface area contributed by atoms with Crippen molar-refractivity contribution in [3.63, 3.8) is 0 Å². The van der Waals surface area contributed by atoms with Gasteiger partial charge in [-0.2, -0.15) is 18.4 Å². The second kappa shape index (κ2) is 10.1. The summed E-state index contributed by atoms with van der Waals surface area (Å²) in [7, 11) is 3.21. The Morgan fingerprint density at radius 3 is 2.68 bits per heavy atom. The van der Waals surface area contributed by atoms with Crippen LogP contribution in [0.4, 0.5) is 23.7 Å². The Morgan fingerprint density at radius 2 is 2.03 bits per heavy atom. The maximum absolute atomic E-state index is 13.7. The highest BCUT2D eigenvalue weighted by Gasteiger charge is 2.44. The monoisotopic (exact) mass is 510 g/mol. The summed E-state index contributed by atoms with van der Waals surface area (Å²) in [5.41, 5.74) is 1.20. The minimum atomic E-state index is -4.60. The van der Waals surface area contributed by atoms with Crippen LogP contribution in [0, 0.1) is 16.7 Å². The van der Waals surface area contributed by atoms with E-state index < -0.39 is 35.6 Å². The van der Waals surface area contributed by atoms with Crippen LogP contribution in [0.2, 0.25) is 0 Å². The summed E-state index contributed by atoms with van der Waals surface area (Å²) in [6.07, 6.45) is -3.13. The molecule has 37 heavy (non-hydrogen) atoms. The first kappa shape index (κ1) is 25.9. The highest BCUT2D eigenvalue weighted by molar-refractivity contribution is 6.05. The lowest BCUT2D eigenvalue weighted by molar-refractivity contribution is -0.137. The van der Waals surface area contributed by atoms with Crippen molar-refractivity contribution in [1.82, 2.24) is 15.5 Å². The smallest absolute Gasteiger partial charge is 0.352 e. The van der Waals surface area contributed by atoms with Gasteiger partial charge in [0.1, 0.15) is 0 Å². The summed E-state index contributed by atoms with van der Waals surface area (Å²) >= 11 is 0. The van der Waals surface area contributed by atoms with E-state index in [4.69, 9.17) is 5.41 Å². The summed E-state index contributed by atoms with van der Waals surface area (Å²) in [4.78, 5) is 29.5. The standard InChI is InChI=1S/C26H25F3N6O2/c1-32-14-16(13-31)20-10-15(12-30)6-7-19(20)23-22-21(8-9-33-24(22)36)35(25(37)34(23)2)18-5-3-4-17(11-18)26(27,28)29/h3-7,10-11,13,16,23,31-32H,8-9,14H2,1-2H3,(H,33,36)/t16?,23-/m1/s1. The highest BCUT2D eigenvalue weighted by atomic mass is 19.4. The second-order valence-electron chi connectivity index (χ2n) is 8.83. The molecule has 0 fully saturated rings. The molecule has 0 saturated carbocycles. The van der Waals surface area contributed by atoms with Crippen molar-refractivity contribution in [3.8, 4) is 6.07 Å². The molecule has 1 unspecified atom stereocenters. The topological polar surface area (TPSA) is 112 Å². The third kappa shape index (κ3) is 4.68. The zero-order chi connectivity index (χ0) is 26.9. The molecule has 0 saturated heterocycles. The van der Waals surface area contributed by atoms with Crippen molar-refractivity contribution in [2.45, 2.75) is 24.6 Å². The zero-order valence-corrected chi connectivity index (χ0v) is 20.2. The van der Waals surface area contributed by atoms with Gasteiger partial charge >= 0.3 is 12.2 Å². The van der Waals surface area contributed by atoms with E-state index in [0.717, 1.165) is 12.1 Å². The van der Waals surface area contributed by atoms with Gasteiger partial charge in [0, 0.05) is 44.4 Å². The van der Waals surface area contributed by atoms with E-state index in [9.17, 15) is 28.0 Å². The third-order valence-electron chi connectivity index (χ3n) is 6.59. The molecule has 2 aliphatic rings. The molecule has 0 radical (unpaired) electrons. The number of hydrogen-bond donors (Lipinski definition) is 3. The van der Waals surface area contributed by atoms with E-state index in [1.807, 2.05) is 0 Å². The van der Waals surface area contributed by atoms with E-state index in [-0.39, 0.29) is 24.2 Å². The van der Waals surface area contributed by atoms with Gasteiger partial charge < -0.3 is 20.9 Å². The average molecular weight is 511 g/mol. The van der Waals surface area contributed by atoms with Crippen LogP contribution in [0.15, 0.2) is 53.7 Å². The van der Waals surface area contributed by atoms with Crippen LogP contribution in [-0.2, 0) is 11.0 Å². The molecule has 3 amide bonds. The molecular formula is C26H25F3N6O2. The van der Waals surface area contributed by atoms with Crippen LogP contribution >= 0.6 is 0 Å². The Hall–Kier alpha value is -4.17. The lowest BCUT2D eigenvalue weighted by atomic mass is 9.83. The normalized spacial score (nSPS) is 18.8. The minimum Gasteiger partial charge on any atom is -0.352 e. The molecule has 0 aromatic heterocycles. The summed E-state index contributed by atoms with van der Waals surface area (Å²) in [5.74, 6) is -0.882. The largest absolute Gasteiger partial charge is 0.416 e. The van der Waals surface area contributed by atoms with Gasteiger partial charge in [0.05, 0.1) is 34.5 Å². The lowest BCUT2D eigenvalue weighted by Crippen LogP contribution is -2.53. The highest BCUT2D eigenvalue weighted by Crippen LogP contribution is 2.43. The van der Waals surface area contributed by atoms with Gasteiger partial charge in [-0.3, -0.25) is 9.69 Å². The molecule has 0 aliphatic carbocycles. The molecule has 4 rings (SSSR count). The fraction of sp³-hybridized carbons (Fsp3) is 0.308.